The Labute approximate surface area is 311 Å². The third-order valence-electron chi connectivity index (χ3n) is 10.5. The fourth-order valence-electron chi connectivity index (χ4n) is 8.19. The number of hydrogen-bond donors (Lipinski definition) is 0. The normalized spacial score (nSPS) is 11.7. The Morgan fingerprint density at radius 3 is 1.30 bits per heavy atom. The topological polar surface area (TPSA) is 48.5 Å². The molecule has 0 atom stereocenters. The van der Waals surface area contributed by atoms with E-state index in [4.69, 9.17) is 15.0 Å². The van der Waals surface area contributed by atoms with Gasteiger partial charge in [0.2, 0.25) is 0 Å². The molecule has 3 aromatic heterocycles. The summed E-state index contributed by atoms with van der Waals surface area (Å²) in [7, 11) is 0. The Balaban J connectivity index is 1.21. The van der Waals surface area contributed by atoms with Gasteiger partial charge in [-0.05, 0) is 58.6 Å². The molecule has 0 saturated carbocycles. The third kappa shape index (κ3) is 4.62. The molecular weight excluding hydrogens is 659 g/mol. The first-order valence-electron chi connectivity index (χ1n) is 18.2. The lowest BCUT2D eigenvalue weighted by atomic mass is 9.97. The summed E-state index contributed by atoms with van der Waals surface area (Å²) in [5.41, 5.74) is 9.75. The van der Waals surface area contributed by atoms with E-state index in [0.717, 1.165) is 28.1 Å². The number of benzene rings is 8. The highest BCUT2D eigenvalue weighted by Crippen LogP contribution is 2.46. The molecule has 0 bridgehead atoms. The molecule has 11 aromatic rings. The molecule has 0 fully saturated rings. The molecule has 0 aliphatic heterocycles. The minimum atomic E-state index is 0.633. The molecule has 11 rings (SSSR count). The lowest BCUT2D eigenvalue weighted by Gasteiger charge is -2.14. The van der Waals surface area contributed by atoms with Crippen LogP contribution in [0.1, 0.15) is 0 Å². The second-order valence-corrected chi connectivity index (χ2v) is 13.6. The number of nitrogens with zero attached hydrogens (tertiary/aromatic N) is 5. The molecule has 0 aliphatic carbocycles. The molecular formula is C49H31N5. The van der Waals surface area contributed by atoms with Gasteiger partial charge < -0.3 is 9.13 Å². The van der Waals surface area contributed by atoms with Crippen molar-refractivity contribution in [3.8, 4) is 45.5 Å². The van der Waals surface area contributed by atoms with Gasteiger partial charge in [0.25, 0.3) is 0 Å². The molecule has 0 spiro atoms. The zero-order chi connectivity index (χ0) is 35.6. The van der Waals surface area contributed by atoms with Crippen LogP contribution < -0.4 is 0 Å². The van der Waals surface area contributed by atoms with Gasteiger partial charge in [0, 0.05) is 44.2 Å². The predicted molar refractivity (Wildman–Crippen MR) is 222 cm³/mol. The van der Waals surface area contributed by atoms with Crippen LogP contribution in [0.5, 0.6) is 0 Å². The monoisotopic (exact) mass is 689 g/mol. The molecule has 0 saturated heterocycles. The molecule has 0 unspecified atom stereocenters. The van der Waals surface area contributed by atoms with Gasteiger partial charge in [-0.25, -0.2) is 15.0 Å². The van der Waals surface area contributed by atoms with E-state index in [1.54, 1.807) is 0 Å². The minimum absolute atomic E-state index is 0.633. The summed E-state index contributed by atoms with van der Waals surface area (Å²) in [6.45, 7) is 0. The van der Waals surface area contributed by atoms with Gasteiger partial charge in [-0.2, -0.15) is 0 Å². The van der Waals surface area contributed by atoms with Crippen molar-refractivity contribution in [1.29, 1.82) is 0 Å². The number of aromatic nitrogens is 5. The number of rotatable bonds is 5. The molecule has 5 nitrogen and oxygen atoms in total. The van der Waals surface area contributed by atoms with E-state index in [-0.39, 0.29) is 0 Å². The largest absolute Gasteiger partial charge is 0.307 e. The predicted octanol–water partition coefficient (Wildman–Crippen LogP) is 12.2. The van der Waals surface area contributed by atoms with Crippen molar-refractivity contribution < 1.29 is 0 Å². The maximum atomic E-state index is 5.01. The Morgan fingerprint density at radius 2 is 0.704 bits per heavy atom. The van der Waals surface area contributed by atoms with Crippen LogP contribution >= 0.6 is 0 Å². The number of hydrogen-bond acceptors (Lipinski definition) is 3. The average Bonchev–Trinajstić information content (AvgIpc) is 3.78. The van der Waals surface area contributed by atoms with Gasteiger partial charge in [-0.1, -0.05) is 146 Å². The molecule has 5 heteroatoms. The van der Waals surface area contributed by atoms with Crippen molar-refractivity contribution in [2.75, 3.05) is 0 Å². The zero-order valence-electron chi connectivity index (χ0n) is 29.1. The highest BCUT2D eigenvalue weighted by molar-refractivity contribution is 6.34. The van der Waals surface area contributed by atoms with Gasteiger partial charge in [0.15, 0.2) is 17.5 Å². The van der Waals surface area contributed by atoms with Crippen molar-refractivity contribution in [1.82, 2.24) is 24.1 Å². The Bertz CT molecular complexity index is 3120. The van der Waals surface area contributed by atoms with Crippen LogP contribution in [0.15, 0.2) is 188 Å². The molecule has 0 N–H and O–H groups in total. The highest BCUT2D eigenvalue weighted by Gasteiger charge is 2.25. The van der Waals surface area contributed by atoms with Gasteiger partial charge in [-0.15, -0.1) is 0 Å². The smallest absolute Gasteiger partial charge is 0.164 e. The number of fused-ring (bicyclic) bond motifs is 10. The van der Waals surface area contributed by atoms with E-state index in [2.05, 4.69) is 137 Å². The average molecular weight is 690 g/mol. The van der Waals surface area contributed by atoms with Crippen LogP contribution in [-0.2, 0) is 0 Å². The lowest BCUT2D eigenvalue weighted by molar-refractivity contribution is 1.07. The molecule has 0 amide bonds. The second kappa shape index (κ2) is 12.1. The van der Waals surface area contributed by atoms with E-state index in [1.165, 1.54) is 54.4 Å². The molecule has 252 valence electrons. The van der Waals surface area contributed by atoms with Crippen LogP contribution in [0.25, 0.3) is 99.9 Å². The van der Waals surface area contributed by atoms with Crippen LogP contribution in [-0.4, -0.2) is 24.1 Å². The standard InChI is InChI=1S/C49H31N5/c1-4-16-32(17-5-1)47-50-48(33-18-6-2-7-19-33)52-49(51-47)34-28-30-36(31-29-34)54-44-40-25-13-11-23-38(40)37-22-10-12-24-39(37)43(44)46-45(54)41-26-14-15-27-42(41)53(46)35-20-8-3-9-21-35/h1-31H. The Kier molecular flexibility index (Phi) is 6.79. The quantitative estimate of drug-likeness (QED) is 0.169. The van der Waals surface area contributed by atoms with Crippen LogP contribution in [0.2, 0.25) is 0 Å². The van der Waals surface area contributed by atoms with Crippen molar-refractivity contribution >= 4 is 54.4 Å². The summed E-state index contributed by atoms with van der Waals surface area (Å²) in [4.78, 5) is 14.9. The fourth-order valence-corrected chi connectivity index (χ4v) is 8.19. The van der Waals surface area contributed by atoms with Crippen molar-refractivity contribution in [3.05, 3.63) is 188 Å². The maximum Gasteiger partial charge on any atom is 0.164 e. The number of para-hydroxylation sites is 2. The first-order chi connectivity index (χ1) is 26.8. The summed E-state index contributed by atoms with van der Waals surface area (Å²) in [6, 6.07) is 66.1. The molecule has 0 radical (unpaired) electrons. The van der Waals surface area contributed by atoms with Crippen LogP contribution in [0, 0.1) is 0 Å². The third-order valence-corrected chi connectivity index (χ3v) is 10.5. The van der Waals surface area contributed by atoms with Crippen molar-refractivity contribution in [3.63, 3.8) is 0 Å². The fraction of sp³-hybridized carbons (Fsp3) is 0. The van der Waals surface area contributed by atoms with Crippen molar-refractivity contribution in [2.45, 2.75) is 0 Å². The van der Waals surface area contributed by atoms with Crippen molar-refractivity contribution in [2.24, 2.45) is 0 Å². The minimum Gasteiger partial charge on any atom is -0.307 e. The summed E-state index contributed by atoms with van der Waals surface area (Å²) >= 11 is 0. The van der Waals surface area contributed by atoms with Gasteiger partial charge in [-0.3, -0.25) is 0 Å². The summed E-state index contributed by atoms with van der Waals surface area (Å²) in [5.74, 6) is 1.93. The van der Waals surface area contributed by atoms with Gasteiger partial charge >= 0.3 is 0 Å². The maximum absolute atomic E-state index is 5.01. The Morgan fingerprint density at radius 1 is 0.278 bits per heavy atom. The summed E-state index contributed by atoms with van der Waals surface area (Å²) in [5, 5.41) is 7.37. The molecule has 54 heavy (non-hydrogen) atoms. The van der Waals surface area contributed by atoms with Gasteiger partial charge in [0.1, 0.15) is 0 Å². The van der Waals surface area contributed by atoms with Gasteiger partial charge in [0.05, 0.1) is 22.1 Å². The van der Waals surface area contributed by atoms with Crippen LogP contribution in [0.3, 0.4) is 0 Å². The first-order valence-corrected chi connectivity index (χ1v) is 18.2. The Hall–Kier alpha value is -7.37. The lowest BCUT2D eigenvalue weighted by Crippen LogP contribution is -2.00. The van der Waals surface area contributed by atoms with E-state index in [1.807, 2.05) is 60.7 Å². The first kappa shape index (κ1) is 30.3. The van der Waals surface area contributed by atoms with E-state index in [9.17, 15) is 0 Å². The SMILES string of the molecule is c1ccc(-c2nc(-c3ccccc3)nc(-c3ccc(-n4c5c6ccccc6c6ccccc6c5c5c4c4ccccc4n5-c4ccccc4)cc3)n2)cc1. The summed E-state index contributed by atoms with van der Waals surface area (Å²) in [6.07, 6.45) is 0. The zero-order valence-corrected chi connectivity index (χ0v) is 29.1. The van der Waals surface area contributed by atoms with E-state index < -0.39 is 0 Å². The second-order valence-electron chi connectivity index (χ2n) is 13.6. The highest BCUT2D eigenvalue weighted by atomic mass is 15.1. The van der Waals surface area contributed by atoms with Crippen LogP contribution in [0.4, 0.5) is 0 Å². The molecule has 3 heterocycles. The van der Waals surface area contributed by atoms with E-state index in [0.29, 0.717) is 17.5 Å². The summed E-state index contributed by atoms with van der Waals surface area (Å²) < 4.78 is 4.92. The molecule has 0 aliphatic rings. The molecule has 8 aromatic carbocycles. The van der Waals surface area contributed by atoms with E-state index >= 15 is 0 Å².